The lowest BCUT2D eigenvalue weighted by atomic mass is 10.1. The Bertz CT molecular complexity index is 990. The Morgan fingerprint density at radius 2 is 1.73 bits per heavy atom. The summed E-state index contributed by atoms with van der Waals surface area (Å²) in [5.74, 6) is 0.688. The normalized spacial score (nSPS) is 13.7. The maximum Gasteiger partial charge on any atom is 0.215 e. The molecule has 160 valence electrons. The summed E-state index contributed by atoms with van der Waals surface area (Å²) in [5.41, 5.74) is 0.890. The van der Waals surface area contributed by atoms with Crippen molar-refractivity contribution < 1.29 is 23.4 Å². The smallest absolute Gasteiger partial charge is 0.215 e. The van der Waals surface area contributed by atoms with E-state index in [1.54, 1.807) is 41.8 Å². The fraction of sp³-hybridized carbons (Fsp3) is 0.273. The lowest BCUT2D eigenvalue weighted by Gasteiger charge is -2.19. The first-order valence-electron chi connectivity index (χ1n) is 9.56. The van der Waals surface area contributed by atoms with Crippen molar-refractivity contribution in [1.82, 2.24) is 5.32 Å². The van der Waals surface area contributed by atoms with Gasteiger partial charge < -0.3 is 20.3 Å². The van der Waals surface area contributed by atoms with Crippen LogP contribution in [-0.2, 0) is 16.3 Å². The summed E-state index contributed by atoms with van der Waals surface area (Å²) in [4.78, 5) is 0.246. The van der Waals surface area contributed by atoms with Crippen molar-refractivity contribution in [2.45, 2.75) is 27.7 Å². The van der Waals surface area contributed by atoms with Gasteiger partial charge in [-0.3, -0.25) is 0 Å². The summed E-state index contributed by atoms with van der Waals surface area (Å²) in [6.45, 7) is 0.300. The number of rotatable bonds is 11. The molecule has 30 heavy (non-hydrogen) atoms. The molecule has 0 fully saturated rings. The zero-order chi connectivity index (χ0) is 21.4. The van der Waals surface area contributed by atoms with Crippen LogP contribution in [0.4, 0.5) is 0 Å². The molecular weight excluding hydrogens is 422 g/mol. The molecule has 0 aliphatic carbocycles. The number of benzene rings is 2. The number of aliphatic hydroxyl groups excluding tert-OH is 2. The number of nitrogens with one attached hydrogen (secondary N) is 1. The molecule has 6 nitrogen and oxygen atoms in total. The number of hydrogen-bond donors (Lipinski definition) is 3. The van der Waals surface area contributed by atoms with Gasteiger partial charge in [0.1, 0.15) is 22.7 Å². The molecule has 0 saturated carbocycles. The van der Waals surface area contributed by atoms with Crippen molar-refractivity contribution >= 4 is 21.2 Å². The second-order valence-electron chi connectivity index (χ2n) is 6.85. The van der Waals surface area contributed by atoms with Gasteiger partial charge >= 0.3 is 0 Å². The molecule has 0 aliphatic heterocycles. The Hall–Kier alpha value is -2.23. The first kappa shape index (κ1) is 22.5. The van der Waals surface area contributed by atoms with Gasteiger partial charge in [0.05, 0.1) is 11.5 Å². The first-order valence-corrected chi connectivity index (χ1v) is 11.9. The minimum absolute atomic E-state index is 0.110. The second kappa shape index (κ2) is 10.7. The van der Waals surface area contributed by atoms with Gasteiger partial charge in [-0.05, 0) is 47.7 Å². The van der Waals surface area contributed by atoms with Crippen LogP contribution in [0.5, 0.6) is 5.75 Å². The van der Waals surface area contributed by atoms with Crippen LogP contribution in [-0.4, -0.2) is 50.5 Å². The highest BCUT2D eigenvalue weighted by atomic mass is 32.2. The van der Waals surface area contributed by atoms with Gasteiger partial charge in [0.2, 0.25) is 9.84 Å². The van der Waals surface area contributed by atoms with E-state index in [-0.39, 0.29) is 30.7 Å². The molecule has 3 aromatic rings. The third-order valence-electron chi connectivity index (χ3n) is 4.52. The maximum absolute atomic E-state index is 12.5. The van der Waals surface area contributed by atoms with E-state index in [0.29, 0.717) is 16.4 Å². The predicted octanol–water partition coefficient (Wildman–Crippen LogP) is 2.51. The molecule has 1 aromatic heterocycles. The molecule has 1 heterocycles. The van der Waals surface area contributed by atoms with Crippen molar-refractivity contribution in [1.29, 1.82) is 0 Å². The first-order chi connectivity index (χ1) is 14.5. The van der Waals surface area contributed by atoms with E-state index in [1.807, 2.05) is 30.3 Å². The van der Waals surface area contributed by atoms with Crippen LogP contribution in [0.15, 0.2) is 81.2 Å². The van der Waals surface area contributed by atoms with Gasteiger partial charge in [-0.25, -0.2) is 8.42 Å². The molecule has 3 N–H and O–H groups in total. The Morgan fingerprint density at radius 3 is 2.37 bits per heavy atom. The average molecular weight is 448 g/mol. The summed E-state index contributed by atoms with van der Waals surface area (Å²) in [7, 11) is -3.49. The van der Waals surface area contributed by atoms with Crippen LogP contribution in [0.25, 0.3) is 0 Å². The Morgan fingerprint density at radius 1 is 1.00 bits per heavy atom. The number of sulfone groups is 1. The maximum atomic E-state index is 12.5. The number of para-hydroxylation sites is 1. The standard InChI is InChI=1S/C22H25NO5S2/c24-15-18(23-14-19(25)16-28-20-5-2-1-3-6-20)13-17-8-10-21(11-9-17)30(26,27)22-7-4-12-29-22/h1-12,18-19,23-25H,13-16H2/t18-,19-/m0/s1. The van der Waals surface area contributed by atoms with Crippen LogP contribution in [0, 0.1) is 0 Å². The van der Waals surface area contributed by atoms with Crippen molar-refractivity contribution in [2.75, 3.05) is 19.8 Å². The number of hydrogen-bond acceptors (Lipinski definition) is 7. The minimum Gasteiger partial charge on any atom is -0.491 e. The van der Waals surface area contributed by atoms with Gasteiger partial charge in [-0.2, -0.15) is 0 Å². The third-order valence-corrected chi connectivity index (χ3v) is 7.69. The Balaban J connectivity index is 1.50. The predicted molar refractivity (Wildman–Crippen MR) is 117 cm³/mol. The summed E-state index contributed by atoms with van der Waals surface area (Å²) in [6, 6.07) is 18.9. The monoisotopic (exact) mass is 447 g/mol. The van der Waals surface area contributed by atoms with Gasteiger partial charge in [-0.15, -0.1) is 11.3 Å². The summed E-state index contributed by atoms with van der Waals surface area (Å²) in [6.07, 6.45) is -0.222. The van der Waals surface area contributed by atoms with E-state index in [2.05, 4.69) is 5.32 Å². The molecule has 0 radical (unpaired) electrons. The minimum atomic E-state index is -3.49. The molecule has 0 saturated heterocycles. The van der Waals surface area contributed by atoms with Gasteiger partial charge in [0, 0.05) is 12.6 Å². The highest BCUT2D eigenvalue weighted by molar-refractivity contribution is 7.93. The van der Waals surface area contributed by atoms with Gasteiger partial charge in [-0.1, -0.05) is 36.4 Å². The largest absolute Gasteiger partial charge is 0.491 e. The Kier molecular flexibility index (Phi) is 8.01. The number of aliphatic hydroxyl groups is 2. The fourth-order valence-electron chi connectivity index (χ4n) is 2.89. The Labute approximate surface area is 180 Å². The molecule has 0 bridgehead atoms. The molecular formula is C22H25NO5S2. The zero-order valence-electron chi connectivity index (χ0n) is 16.3. The summed E-state index contributed by atoms with van der Waals surface area (Å²) < 4.78 is 30.9. The van der Waals surface area contributed by atoms with E-state index in [1.165, 1.54) is 11.3 Å². The van der Waals surface area contributed by atoms with E-state index < -0.39 is 15.9 Å². The third kappa shape index (κ3) is 6.13. The lowest BCUT2D eigenvalue weighted by Crippen LogP contribution is -2.41. The van der Waals surface area contributed by atoms with E-state index >= 15 is 0 Å². The van der Waals surface area contributed by atoms with E-state index in [0.717, 1.165) is 5.56 Å². The number of thiophene rings is 1. The molecule has 0 unspecified atom stereocenters. The van der Waals surface area contributed by atoms with E-state index in [9.17, 15) is 18.6 Å². The second-order valence-corrected chi connectivity index (χ2v) is 9.97. The topological polar surface area (TPSA) is 95.9 Å². The highest BCUT2D eigenvalue weighted by Crippen LogP contribution is 2.25. The van der Waals surface area contributed by atoms with Crippen LogP contribution >= 0.6 is 11.3 Å². The SMILES string of the molecule is O=S(=O)(c1ccc(C[C@@H](CO)NC[C@H](O)COc2ccccc2)cc1)c1cccs1. The van der Waals surface area contributed by atoms with Crippen molar-refractivity contribution in [2.24, 2.45) is 0 Å². The molecule has 0 spiro atoms. The fourth-order valence-corrected chi connectivity index (χ4v) is 5.29. The molecule has 0 aliphatic rings. The van der Waals surface area contributed by atoms with Crippen LogP contribution < -0.4 is 10.1 Å². The molecule has 8 heteroatoms. The zero-order valence-corrected chi connectivity index (χ0v) is 18.0. The molecule has 3 rings (SSSR count). The number of ether oxygens (including phenoxy) is 1. The van der Waals surface area contributed by atoms with Gasteiger partial charge in [0.15, 0.2) is 0 Å². The van der Waals surface area contributed by atoms with Crippen molar-refractivity contribution in [3.8, 4) is 5.75 Å². The van der Waals surface area contributed by atoms with Crippen molar-refractivity contribution in [3.05, 3.63) is 77.7 Å². The van der Waals surface area contributed by atoms with Crippen molar-refractivity contribution in [3.63, 3.8) is 0 Å². The van der Waals surface area contributed by atoms with Crippen LogP contribution in [0.3, 0.4) is 0 Å². The quantitative estimate of drug-likeness (QED) is 0.418. The van der Waals surface area contributed by atoms with Crippen LogP contribution in [0.2, 0.25) is 0 Å². The summed E-state index contributed by atoms with van der Waals surface area (Å²) >= 11 is 1.19. The van der Waals surface area contributed by atoms with Gasteiger partial charge in [0.25, 0.3) is 0 Å². The molecule has 2 aromatic carbocycles. The lowest BCUT2D eigenvalue weighted by molar-refractivity contribution is 0.0997. The van der Waals surface area contributed by atoms with E-state index in [4.69, 9.17) is 4.74 Å². The highest BCUT2D eigenvalue weighted by Gasteiger charge is 2.19. The average Bonchev–Trinajstić information content (AvgIpc) is 3.32. The summed E-state index contributed by atoms with van der Waals surface area (Å²) in [5, 5.41) is 24.6. The molecule has 2 atom stereocenters. The molecule has 0 amide bonds. The van der Waals surface area contributed by atoms with Crippen LogP contribution in [0.1, 0.15) is 5.56 Å².